The topological polar surface area (TPSA) is 46.6 Å². The summed E-state index contributed by atoms with van der Waals surface area (Å²) in [7, 11) is 0. The highest BCUT2D eigenvalue weighted by molar-refractivity contribution is 9.10. The predicted molar refractivity (Wildman–Crippen MR) is 84.7 cm³/mol. The van der Waals surface area contributed by atoms with Gasteiger partial charge in [-0.15, -0.1) is 0 Å². The maximum absolute atomic E-state index is 5.49. The number of rotatable bonds is 2. The summed E-state index contributed by atoms with van der Waals surface area (Å²) < 4.78 is 11.8. The van der Waals surface area contributed by atoms with Gasteiger partial charge in [0.15, 0.2) is 11.5 Å². The standard InChI is InChI=1S/C16H11BrN2O2/c17-11-8-15-14(20-9-21-15)7-10(11)16(12-3-1-5-18-12)13-4-2-6-19-13/h1-8,18H,9H2/b16-13-. The second-order valence-corrected chi connectivity index (χ2v) is 5.52. The van der Waals surface area contributed by atoms with E-state index in [4.69, 9.17) is 9.47 Å². The van der Waals surface area contributed by atoms with Gasteiger partial charge in [-0.05, 0) is 36.4 Å². The number of H-pyrrole nitrogens is 1. The first-order valence-electron chi connectivity index (χ1n) is 6.51. The van der Waals surface area contributed by atoms with Gasteiger partial charge in [0.2, 0.25) is 6.79 Å². The van der Waals surface area contributed by atoms with E-state index in [0.717, 1.165) is 38.5 Å². The molecule has 1 aromatic carbocycles. The summed E-state index contributed by atoms with van der Waals surface area (Å²) in [4.78, 5) is 7.68. The minimum Gasteiger partial charge on any atom is -0.454 e. The van der Waals surface area contributed by atoms with Crippen molar-refractivity contribution in [3.05, 3.63) is 64.0 Å². The molecule has 0 spiro atoms. The van der Waals surface area contributed by atoms with E-state index in [1.165, 1.54) is 0 Å². The lowest BCUT2D eigenvalue weighted by Gasteiger charge is -2.11. The average molecular weight is 343 g/mol. The molecule has 0 bridgehead atoms. The molecule has 104 valence electrons. The van der Waals surface area contributed by atoms with Gasteiger partial charge in [-0.1, -0.05) is 15.9 Å². The van der Waals surface area contributed by atoms with E-state index >= 15 is 0 Å². The van der Waals surface area contributed by atoms with E-state index in [0.29, 0.717) is 0 Å². The summed E-state index contributed by atoms with van der Waals surface area (Å²) in [6, 6.07) is 7.92. The summed E-state index contributed by atoms with van der Waals surface area (Å²) in [6.07, 6.45) is 7.62. The molecule has 0 amide bonds. The number of fused-ring (bicyclic) bond motifs is 1. The Bertz CT molecular complexity index is 775. The number of benzene rings is 1. The number of allylic oxidation sites excluding steroid dienone is 2. The van der Waals surface area contributed by atoms with Crippen molar-refractivity contribution in [1.29, 1.82) is 0 Å². The highest BCUT2D eigenvalue weighted by Crippen LogP contribution is 2.42. The lowest BCUT2D eigenvalue weighted by molar-refractivity contribution is 0.174. The smallest absolute Gasteiger partial charge is 0.231 e. The lowest BCUT2D eigenvalue weighted by atomic mass is 10.00. The van der Waals surface area contributed by atoms with Crippen LogP contribution in [0.1, 0.15) is 11.3 Å². The largest absolute Gasteiger partial charge is 0.454 e. The zero-order chi connectivity index (χ0) is 14.2. The Balaban J connectivity index is 1.95. The molecule has 2 aliphatic rings. The normalized spacial score (nSPS) is 17.6. The monoisotopic (exact) mass is 342 g/mol. The maximum atomic E-state index is 5.49. The maximum Gasteiger partial charge on any atom is 0.231 e. The number of hydrogen-bond donors (Lipinski definition) is 1. The van der Waals surface area contributed by atoms with Crippen molar-refractivity contribution >= 4 is 27.7 Å². The molecule has 0 radical (unpaired) electrons. The van der Waals surface area contributed by atoms with Crippen LogP contribution in [-0.4, -0.2) is 18.0 Å². The Kier molecular flexibility index (Phi) is 2.93. The molecule has 2 aliphatic heterocycles. The third kappa shape index (κ3) is 2.10. The summed E-state index contributed by atoms with van der Waals surface area (Å²) in [6.45, 7) is 0.262. The second-order valence-electron chi connectivity index (χ2n) is 4.67. The number of aliphatic imine (C=N–C) groups is 1. The van der Waals surface area contributed by atoms with Gasteiger partial charge in [0.25, 0.3) is 0 Å². The van der Waals surface area contributed by atoms with Crippen molar-refractivity contribution in [3.63, 3.8) is 0 Å². The third-order valence-corrected chi connectivity index (χ3v) is 4.06. The van der Waals surface area contributed by atoms with E-state index in [-0.39, 0.29) is 6.79 Å². The SMILES string of the molecule is Brc1cc2c(cc1/C(=C1\C=CC=N1)c1ccc[nH]1)OCO2. The minimum atomic E-state index is 0.262. The molecule has 5 heteroatoms. The summed E-state index contributed by atoms with van der Waals surface area (Å²) in [5, 5.41) is 0. The van der Waals surface area contributed by atoms with E-state index in [9.17, 15) is 0 Å². The average Bonchev–Trinajstić information content (AvgIpc) is 3.21. The first-order valence-corrected chi connectivity index (χ1v) is 7.30. The van der Waals surface area contributed by atoms with Gasteiger partial charge in [0, 0.05) is 33.7 Å². The number of halogens is 1. The van der Waals surface area contributed by atoms with Crippen molar-refractivity contribution in [2.45, 2.75) is 0 Å². The van der Waals surface area contributed by atoms with Gasteiger partial charge in [0.1, 0.15) is 0 Å². The van der Waals surface area contributed by atoms with Crippen LogP contribution >= 0.6 is 15.9 Å². The Labute approximate surface area is 129 Å². The number of hydrogen-bond acceptors (Lipinski definition) is 3. The molecule has 2 aromatic rings. The van der Waals surface area contributed by atoms with Crippen LogP contribution in [0, 0.1) is 0 Å². The number of nitrogens with one attached hydrogen (secondary N) is 1. The molecule has 1 N–H and O–H groups in total. The third-order valence-electron chi connectivity index (χ3n) is 3.41. The van der Waals surface area contributed by atoms with Crippen molar-refractivity contribution in [2.75, 3.05) is 6.79 Å². The van der Waals surface area contributed by atoms with E-state index in [1.807, 2.05) is 42.6 Å². The Morgan fingerprint density at radius 3 is 2.81 bits per heavy atom. The van der Waals surface area contributed by atoms with Gasteiger partial charge < -0.3 is 14.5 Å². The summed E-state index contributed by atoms with van der Waals surface area (Å²) in [5.41, 5.74) is 3.96. The van der Waals surface area contributed by atoms with Crippen LogP contribution in [0.25, 0.3) is 5.57 Å². The van der Waals surface area contributed by atoms with Crippen molar-refractivity contribution in [3.8, 4) is 11.5 Å². The molecule has 21 heavy (non-hydrogen) atoms. The van der Waals surface area contributed by atoms with Gasteiger partial charge in [-0.3, -0.25) is 4.99 Å². The molecule has 4 rings (SSSR count). The van der Waals surface area contributed by atoms with Crippen LogP contribution in [-0.2, 0) is 0 Å². The fraction of sp³-hybridized carbons (Fsp3) is 0.0625. The molecule has 4 nitrogen and oxygen atoms in total. The van der Waals surface area contributed by atoms with Crippen molar-refractivity contribution in [2.24, 2.45) is 4.99 Å². The Morgan fingerprint density at radius 1 is 1.24 bits per heavy atom. The molecule has 0 saturated heterocycles. The van der Waals surface area contributed by atoms with Crippen LogP contribution in [0.4, 0.5) is 0 Å². The lowest BCUT2D eigenvalue weighted by Crippen LogP contribution is -1.94. The Morgan fingerprint density at radius 2 is 2.10 bits per heavy atom. The van der Waals surface area contributed by atoms with Crippen LogP contribution in [0.2, 0.25) is 0 Å². The number of nitrogens with zero attached hydrogens (tertiary/aromatic N) is 1. The summed E-state index contributed by atoms with van der Waals surface area (Å²) >= 11 is 3.62. The van der Waals surface area contributed by atoms with E-state index < -0.39 is 0 Å². The molecular weight excluding hydrogens is 332 g/mol. The van der Waals surface area contributed by atoms with Crippen LogP contribution in [0.5, 0.6) is 11.5 Å². The highest BCUT2D eigenvalue weighted by Gasteiger charge is 2.21. The van der Waals surface area contributed by atoms with E-state index in [2.05, 4.69) is 25.9 Å². The Hall–Kier alpha value is -2.27. The minimum absolute atomic E-state index is 0.262. The van der Waals surface area contributed by atoms with Crippen molar-refractivity contribution < 1.29 is 9.47 Å². The van der Waals surface area contributed by atoms with Crippen LogP contribution in [0.3, 0.4) is 0 Å². The number of aromatic amines is 1. The number of ether oxygens (including phenoxy) is 2. The van der Waals surface area contributed by atoms with Crippen molar-refractivity contribution in [1.82, 2.24) is 4.98 Å². The fourth-order valence-corrected chi connectivity index (χ4v) is 2.98. The molecule has 1 aromatic heterocycles. The molecule has 0 aliphatic carbocycles. The predicted octanol–water partition coefficient (Wildman–Crippen LogP) is 3.91. The zero-order valence-corrected chi connectivity index (χ0v) is 12.6. The quantitative estimate of drug-likeness (QED) is 0.899. The van der Waals surface area contributed by atoms with Gasteiger partial charge in [-0.25, -0.2) is 0 Å². The fourth-order valence-electron chi connectivity index (χ4n) is 2.46. The van der Waals surface area contributed by atoms with Gasteiger partial charge in [0.05, 0.1) is 5.70 Å². The van der Waals surface area contributed by atoms with Gasteiger partial charge in [-0.2, -0.15) is 0 Å². The molecule has 3 heterocycles. The molecule has 0 atom stereocenters. The number of aromatic nitrogens is 1. The van der Waals surface area contributed by atoms with Crippen LogP contribution in [0.15, 0.2) is 57.8 Å². The molecular formula is C16H11BrN2O2. The van der Waals surface area contributed by atoms with Crippen LogP contribution < -0.4 is 9.47 Å². The van der Waals surface area contributed by atoms with E-state index in [1.54, 1.807) is 6.21 Å². The molecule has 0 saturated carbocycles. The molecule has 0 fully saturated rings. The highest BCUT2D eigenvalue weighted by atomic mass is 79.9. The summed E-state index contributed by atoms with van der Waals surface area (Å²) in [5.74, 6) is 1.51. The zero-order valence-electron chi connectivity index (χ0n) is 11.0. The first-order chi connectivity index (χ1) is 10.3. The van der Waals surface area contributed by atoms with Gasteiger partial charge >= 0.3 is 0 Å². The molecule has 0 unspecified atom stereocenters. The first kappa shape index (κ1) is 12.5. The second kappa shape index (κ2) is 4.93.